The Balaban J connectivity index is 0.000000291. The van der Waals surface area contributed by atoms with Crippen LogP contribution in [0.1, 0.15) is 12.8 Å². The van der Waals surface area contributed by atoms with Crippen molar-refractivity contribution in [3.8, 4) is 0 Å². The molecular formula is C6H14O3. The highest BCUT2D eigenvalue weighted by Crippen LogP contribution is 2.09. The van der Waals surface area contributed by atoms with Gasteiger partial charge in [0.25, 0.3) is 0 Å². The SMILES string of the molecule is CO.OC[C@@H]1CCCO1. The Hall–Kier alpha value is -0.120. The van der Waals surface area contributed by atoms with E-state index in [1.165, 1.54) is 0 Å². The lowest BCUT2D eigenvalue weighted by atomic mass is 10.2. The predicted octanol–water partition coefficient (Wildman–Crippen LogP) is -0.234. The molecule has 1 aliphatic heterocycles. The number of hydrogen-bond donors (Lipinski definition) is 2. The van der Waals surface area contributed by atoms with E-state index in [4.69, 9.17) is 14.9 Å². The van der Waals surface area contributed by atoms with Crippen molar-refractivity contribution >= 4 is 0 Å². The lowest BCUT2D eigenvalue weighted by Gasteiger charge is -2.00. The number of hydrogen-bond acceptors (Lipinski definition) is 3. The lowest BCUT2D eigenvalue weighted by Crippen LogP contribution is -2.09. The van der Waals surface area contributed by atoms with Gasteiger partial charge >= 0.3 is 0 Å². The van der Waals surface area contributed by atoms with Gasteiger partial charge in [-0.25, -0.2) is 0 Å². The number of aliphatic hydroxyl groups is 2. The van der Waals surface area contributed by atoms with Gasteiger partial charge < -0.3 is 14.9 Å². The van der Waals surface area contributed by atoms with Crippen molar-refractivity contribution in [2.24, 2.45) is 0 Å². The third kappa shape index (κ3) is 3.46. The largest absolute Gasteiger partial charge is 0.400 e. The molecule has 9 heavy (non-hydrogen) atoms. The van der Waals surface area contributed by atoms with E-state index in [-0.39, 0.29) is 12.7 Å². The van der Waals surface area contributed by atoms with Gasteiger partial charge in [0, 0.05) is 13.7 Å². The summed E-state index contributed by atoms with van der Waals surface area (Å²) in [5, 5.41) is 15.4. The lowest BCUT2D eigenvalue weighted by molar-refractivity contribution is 0.0591. The van der Waals surface area contributed by atoms with Gasteiger partial charge in [0.15, 0.2) is 0 Å². The zero-order valence-electron chi connectivity index (χ0n) is 5.71. The topological polar surface area (TPSA) is 49.7 Å². The van der Waals surface area contributed by atoms with Crippen LogP contribution in [-0.2, 0) is 4.74 Å². The summed E-state index contributed by atoms with van der Waals surface area (Å²) in [6.07, 6.45) is 2.31. The molecule has 0 aromatic rings. The standard InChI is InChI=1S/C5H10O2.CH4O/c6-4-5-2-1-3-7-5;1-2/h5-6H,1-4H2;2H,1H3/t5-;/m0./s1. The van der Waals surface area contributed by atoms with E-state index in [9.17, 15) is 0 Å². The van der Waals surface area contributed by atoms with Crippen molar-refractivity contribution < 1.29 is 14.9 Å². The molecule has 2 N–H and O–H groups in total. The summed E-state index contributed by atoms with van der Waals surface area (Å²) in [5.74, 6) is 0. The van der Waals surface area contributed by atoms with E-state index >= 15 is 0 Å². The molecule has 1 saturated heterocycles. The Morgan fingerprint density at radius 3 is 2.44 bits per heavy atom. The van der Waals surface area contributed by atoms with Gasteiger partial charge in [-0.3, -0.25) is 0 Å². The summed E-state index contributed by atoms with van der Waals surface area (Å²) in [4.78, 5) is 0. The maximum Gasteiger partial charge on any atom is 0.0806 e. The van der Waals surface area contributed by atoms with Crippen LogP contribution in [0, 0.1) is 0 Å². The van der Waals surface area contributed by atoms with Crippen LogP contribution >= 0.6 is 0 Å². The second kappa shape index (κ2) is 6.01. The molecule has 1 aliphatic rings. The molecule has 0 aliphatic carbocycles. The molecule has 1 rings (SSSR count). The van der Waals surface area contributed by atoms with E-state index in [1.54, 1.807) is 0 Å². The first-order valence-corrected chi connectivity index (χ1v) is 3.10. The minimum absolute atomic E-state index is 0.153. The summed E-state index contributed by atoms with van der Waals surface area (Å²) in [5.41, 5.74) is 0. The fourth-order valence-corrected chi connectivity index (χ4v) is 0.788. The summed E-state index contributed by atoms with van der Waals surface area (Å²) in [6, 6.07) is 0. The molecule has 0 bridgehead atoms. The molecule has 0 spiro atoms. The van der Waals surface area contributed by atoms with Crippen LogP contribution in [0.5, 0.6) is 0 Å². The molecule has 0 amide bonds. The first-order valence-electron chi connectivity index (χ1n) is 3.10. The van der Waals surface area contributed by atoms with E-state index < -0.39 is 0 Å². The van der Waals surface area contributed by atoms with Crippen LogP contribution in [0.25, 0.3) is 0 Å². The van der Waals surface area contributed by atoms with Crippen molar-refractivity contribution in [2.45, 2.75) is 18.9 Å². The smallest absolute Gasteiger partial charge is 0.0806 e. The van der Waals surface area contributed by atoms with Crippen LogP contribution in [0.4, 0.5) is 0 Å². The van der Waals surface area contributed by atoms with E-state index in [1.807, 2.05) is 0 Å². The summed E-state index contributed by atoms with van der Waals surface area (Å²) >= 11 is 0. The Labute approximate surface area is 55.3 Å². The minimum atomic E-state index is 0.153. The van der Waals surface area contributed by atoms with Gasteiger partial charge in [-0.2, -0.15) is 0 Å². The average molecular weight is 134 g/mol. The molecule has 1 atom stereocenters. The number of rotatable bonds is 1. The van der Waals surface area contributed by atoms with Crippen LogP contribution in [0.15, 0.2) is 0 Å². The minimum Gasteiger partial charge on any atom is -0.400 e. The highest BCUT2D eigenvalue weighted by atomic mass is 16.5. The highest BCUT2D eigenvalue weighted by Gasteiger charge is 2.12. The molecule has 0 saturated carbocycles. The van der Waals surface area contributed by atoms with E-state index in [2.05, 4.69) is 0 Å². The van der Waals surface area contributed by atoms with Crippen LogP contribution in [0.2, 0.25) is 0 Å². The van der Waals surface area contributed by atoms with Gasteiger partial charge in [0.05, 0.1) is 12.7 Å². The fraction of sp³-hybridized carbons (Fsp3) is 1.00. The summed E-state index contributed by atoms with van der Waals surface area (Å²) in [7, 11) is 1.00. The first kappa shape index (κ1) is 8.88. The van der Waals surface area contributed by atoms with Gasteiger partial charge in [0.2, 0.25) is 0 Å². The van der Waals surface area contributed by atoms with E-state index in [0.717, 1.165) is 26.6 Å². The van der Waals surface area contributed by atoms with Crippen LogP contribution in [-0.4, -0.2) is 36.6 Å². The van der Waals surface area contributed by atoms with Crippen molar-refractivity contribution in [3.63, 3.8) is 0 Å². The molecule has 1 heterocycles. The average Bonchev–Trinajstić information content (AvgIpc) is 2.43. The molecule has 0 aromatic carbocycles. The maximum atomic E-state index is 8.44. The van der Waals surface area contributed by atoms with Crippen molar-refractivity contribution in [3.05, 3.63) is 0 Å². The van der Waals surface area contributed by atoms with Gasteiger partial charge in [-0.05, 0) is 12.8 Å². The van der Waals surface area contributed by atoms with Crippen molar-refractivity contribution in [1.82, 2.24) is 0 Å². The van der Waals surface area contributed by atoms with E-state index in [0.29, 0.717) is 0 Å². The monoisotopic (exact) mass is 134 g/mol. The number of ether oxygens (including phenoxy) is 1. The Bertz CT molecular complexity index is 50.3. The normalized spacial score (nSPS) is 25.0. The first-order chi connectivity index (χ1) is 4.43. The quantitative estimate of drug-likeness (QED) is 0.520. The Morgan fingerprint density at radius 2 is 2.22 bits per heavy atom. The number of aliphatic hydroxyl groups excluding tert-OH is 2. The fourth-order valence-electron chi connectivity index (χ4n) is 0.788. The van der Waals surface area contributed by atoms with Gasteiger partial charge in [-0.1, -0.05) is 0 Å². The molecule has 1 fully saturated rings. The zero-order chi connectivity index (χ0) is 7.11. The second-order valence-electron chi connectivity index (χ2n) is 1.82. The molecule has 3 heteroatoms. The van der Waals surface area contributed by atoms with Crippen molar-refractivity contribution in [2.75, 3.05) is 20.3 Å². The molecule has 0 unspecified atom stereocenters. The maximum absolute atomic E-state index is 8.44. The van der Waals surface area contributed by atoms with Gasteiger partial charge in [0.1, 0.15) is 0 Å². The zero-order valence-corrected chi connectivity index (χ0v) is 5.71. The highest BCUT2D eigenvalue weighted by molar-refractivity contribution is 4.61. The second-order valence-corrected chi connectivity index (χ2v) is 1.82. The third-order valence-corrected chi connectivity index (χ3v) is 1.23. The Morgan fingerprint density at radius 1 is 1.56 bits per heavy atom. The molecule has 0 radical (unpaired) electrons. The molecular weight excluding hydrogens is 120 g/mol. The van der Waals surface area contributed by atoms with Crippen molar-refractivity contribution in [1.29, 1.82) is 0 Å². The molecule has 3 nitrogen and oxygen atoms in total. The third-order valence-electron chi connectivity index (χ3n) is 1.23. The molecule has 56 valence electrons. The Kier molecular flexibility index (Phi) is 5.93. The summed E-state index contributed by atoms with van der Waals surface area (Å²) < 4.78 is 5.05. The van der Waals surface area contributed by atoms with Crippen LogP contribution in [0.3, 0.4) is 0 Å². The molecule has 0 aromatic heterocycles. The predicted molar refractivity (Wildman–Crippen MR) is 34.2 cm³/mol. The van der Waals surface area contributed by atoms with Gasteiger partial charge in [-0.15, -0.1) is 0 Å². The van der Waals surface area contributed by atoms with Crippen LogP contribution < -0.4 is 0 Å². The summed E-state index contributed by atoms with van der Waals surface area (Å²) in [6.45, 7) is 1.03.